The van der Waals surface area contributed by atoms with Crippen LogP contribution in [0.15, 0.2) is 53.3 Å². The van der Waals surface area contributed by atoms with Crippen molar-refractivity contribution < 1.29 is 14.0 Å². The van der Waals surface area contributed by atoms with Gasteiger partial charge in [0.05, 0.1) is 29.6 Å². The Bertz CT molecular complexity index is 976. The van der Waals surface area contributed by atoms with E-state index in [1.807, 2.05) is 0 Å². The molecule has 0 saturated heterocycles. The van der Waals surface area contributed by atoms with Crippen LogP contribution in [0.25, 0.3) is 11.3 Å². The standard InChI is InChI=1S/C19H16Cl2N4O3/c20-12-3-4-14(15(21)8-12)16-10-24-19(28-16)6-5-17(26)23-11-18(27)25-13-2-1-7-22-9-13/h1-4,7-10H,5-6,11H2,(H,23,26)(H,25,27). The van der Waals surface area contributed by atoms with Crippen molar-refractivity contribution in [2.45, 2.75) is 12.8 Å². The van der Waals surface area contributed by atoms with E-state index in [1.165, 1.54) is 6.20 Å². The van der Waals surface area contributed by atoms with Crippen LogP contribution < -0.4 is 10.6 Å². The molecule has 1 aromatic carbocycles. The average molecular weight is 419 g/mol. The average Bonchev–Trinajstić information content (AvgIpc) is 3.14. The lowest BCUT2D eigenvalue weighted by atomic mass is 10.2. The van der Waals surface area contributed by atoms with Gasteiger partial charge in [-0.15, -0.1) is 0 Å². The third-order valence-corrected chi connectivity index (χ3v) is 4.26. The molecule has 7 nitrogen and oxygen atoms in total. The number of anilines is 1. The summed E-state index contributed by atoms with van der Waals surface area (Å²) in [5.74, 6) is 0.270. The lowest BCUT2D eigenvalue weighted by Gasteiger charge is -2.06. The fraction of sp³-hybridized carbons (Fsp3) is 0.158. The van der Waals surface area contributed by atoms with Crippen molar-refractivity contribution in [3.63, 3.8) is 0 Å². The molecule has 0 bridgehead atoms. The number of rotatable bonds is 7. The fourth-order valence-electron chi connectivity index (χ4n) is 2.37. The summed E-state index contributed by atoms with van der Waals surface area (Å²) in [7, 11) is 0. The minimum atomic E-state index is -0.336. The molecular formula is C19H16Cl2N4O3. The first-order valence-electron chi connectivity index (χ1n) is 8.38. The first-order valence-corrected chi connectivity index (χ1v) is 9.13. The number of hydrogen-bond acceptors (Lipinski definition) is 5. The van der Waals surface area contributed by atoms with E-state index in [9.17, 15) is 9.59 Å². The van der Waals surface area contributed by atoms with Crippen LogP contribution in [0.2, 0.25) is 10.0 Å². The predicted molar refractivity (Wildman–Crippen MR) is 106 cm³/mol. The molecule has 0 unspecified atom stereocenters. The van der Waals surface area contributed by atoms with Crippen LogP contribution in [0, 0.1) is 0 Å². The van der Waals surface area contributed by atoms with E-state index >= 15 is 0 Å². The number of benzene rings is 1. The number of aryl methyl sites for hydroxylation is 1. The number of aromatic nitrogens is 2. The molecule has 2 amide bonds. The number of nitrogens with one attached hydrogen (secondary N) is 2. The zero-order chi connectivity index (χ0) is 19.9. The van der Waals surface area contributed by atoms with Crippen molar-refractivity contribution in [3.05, 3.63) is 64.9 Å². The van der Waals surface area contributed by atoms with E-state index in [0.717, 1.165) is 0 Å². The van der Waals surface area contributed by atoms with Gasteiger partial charge >= 0.3 is 0 Å². The molecule has 0 aliphatic carbocycles. The number of pyridine rings is 1. The summed E-state index contributed by atoms with van der Waals surface area (Å²) in [4.78, 5) is 31.8. The summed E-state index contributed by atoms with van der Waals surface area (Å²) in [5, 5.41) is 6.16. The molecule has 2 N–H and O–H groups in total. The third kappa shape index (κ3) is 5.55. The quantitative estimate of drug-likeness (QED) is 0.608. The SMILES string of the molecule is O=C(CCc1ncc(-c2ccc(Cl)cc2Cl)o1)NCC(=O)Nc1cccnc1. The Balaban J connectivity index is 1.46. The van der Waals surface area contributed by atoms with Gasteiger partial charge in [-0.05, 0) is 30.3 Å². The molecule has 144 valence electrons. The Kier molecular flexibility index (Phi) is 6.62. The second-order valence-corrected chi connectivity index (χ2v) is 6.65. The minimum Gasteiger partial charge on any atom is -0.441 e. The summed E-state index contributed by atoms with van der Waals surface area (Å²) in [5.41, 5.74) is 1.23. The Morgan fingerprint density at radius 1 is 1.11 bits per heavy atom. The number of oxazole rings is 1. The molecular weight excluding hydrogens is 403 g/mol. The Hall–Kier alpha value is -2.90. The minimum absolute atomic E-state index is 0.133. The number of amides is 2. The maximum Gasteiger partial charge on any atom is 0.243 e. The zero-order valence-corrected chi connectivity index (χ0v) is 16.1. The van der Waals surface area contributed by atoms with Gasteiger partial charge in [0.2, 0.25) is 11.8 Å². The van der Waals surface area contributed by atoms with E-state index in [2.05, 4.69) is 20.6 Å². The molecule has 0 aliphatic rings. The van der Waals surface area contributed by atoms with Gasteiger partial charge in [-0.1, -0.05) is 23.2 Å². The summed E-state index contributed by atoms with van der Waals surface area (Å²) >= 11 is 12.0. The highest BCUT2D eigenvalue weighted by molar-refractivity contribution is 6.36. The van der Waals surface area contributed by atoms with Gasteiger partial charge < -0.3 is 15.1 Å². The molecule has 0 fully saturated rings. The van der Waals surface area contributed by atoms with Gasteiger partial charge in [0.15, 0.2) is 11.7 Å². The number of carbonyl (C=O) groups excluding carboxylic acids is 2. The summed E-state index contributed by atoms with van der Waals surface area (Å²) < 4.78 is 5.64. The van der Waals surface area contributed by atoms with Crippen LogP contribution in [0.1, 0.15) is 12.3 Å². The fourth-order valence-corrected chi connectivity index (χ4v) is 2.87. The number of hydrogen-bond donors (Lipinski definition) is 2. The zero-order valence-electron chi connectivity index (χ0n) is 14.6. The summed E-state index contributed by atoms with van der Waals surface area (Å²) in [6.45, 7) is -0.134. The van der Waals surface area contributed by atoms with Crippen LogP contribution in [0.4, 0.5) is 5.69 Å². The van der Waals surface area contributed by atoms with E-state index in [4.69, 9.17) is 27.6 Å². The molecule has 3 aromatic rings. The van der Waals surface area contributed by atoms with Crippen LogP contribution in [0.3, 0.4) is 0 Å². The van der Waals surface area contributed by atoms with Gasteiger partial charge in [-0.25, -0.2) is 4.98 Å². The third-order valence-electron chi connectivity index (χ3n) is 3.71. The first kappa shape index (κ1) is 19.9. The van der Waals surface area contributed by atoms with E-state index in [1.54, 1.807) is 42.7 Å². The highest BCUT2D eigenvalue weighted by atomic mass is 35.5. The number of carbonyl (C=O) groups is 2. The molecule has 0 aliphatic heterocycles. The monoisotopic (exact) mass is 418 g/mol. The summed E-state index contributed by atoms with van der Waals surface area (Å²) in [6, 6.07) is 8.47. The molecule has 9 heteroatoms. The van der Waals surface area contributed by atoms with Gasteiger partial charge in [0.25, 0.3) is 0 Å². The van der Waals surface area contributed by atoms with Crippen LogP contribution in [0.5, 0.6) is 0 Å². The number of nitrogens with zero attached hydrogens (tertiary/aromatic N) is 2. The van der Waals surface area contributed by atoms with Crippen LogP contribution in [-0.2, 0) is 16.0 Å². The highest BCUT2D eigenvalue weighted by Gasteiger charge is 2.12. The normalized spacial score (nSPS) is 10.5. The first-order chi connectivity index (χ1) is 13.5. The van der Waals surface area contributed by atoms with Crippen molar-refractivity contribution in [1.29, 1.82) is 0 Å². The largest absolute Gasteiger partial charge is 0.441 e. The van der Waals surface area contributed by atoms with Crippen molar-refractivity contribution in [2.75, 3.05) is 11.9 Å². The highest BCUT2D eigenvalue weighted by Crippen LogP contribution is 2.30. The van der Waals surface area contributed by atoms with Gasteiger partial charge in [0.1, 0.15) is 0 Å². The van der Waals surface area contributed by atoms with Crippen molar-refractivity contribution >= 4 is 40.7 Å². The van der Waals surface area contributed by atoms with E-state index in [0.29, 0.717) is 39.4 Å². The Labute approximate surface area is 171 Å². The van der Waals surface area contributed by atoms with E-state index in [-0.39, 0.29) is 24.8 Å². The van der Waals surface area contributed by atoms with Crippen LogP contribution in [-0.4, -0.2) is 28.3 Å². The van der Waals surface area contributed by atoms with Crippen molar-refractivity contribution in [3.8, 4) is 11.3 Å². The molecule has 0 radical (unpaired) electrons. The molecule has 2 heterocycles. The maximum absolute atomic E-state index is 11.9. The topological polar surface area (TPSA) is 97.1 Å². The number of halogens is 2. The van der Waals surface area contributed by atoms with E-state index < -0.39 is 0 Å². The van der Waals surface area contributed by atoms with Crippen molar-refractivity contribution in [2.24, 2.45) is 0 Å². The second-order valence-electron chi connectivity index (χ2n) is 5.81. The molecule has 2 aromatic heterocycles. The Morgan fingerprint density at radius 2 is 1.96 bits per heavy atom. The molecule has 3 rings (SSSR count). The lowest BCUT2D eigenvalue weighted by Crippen LogP contribution is -2.33. The van der Waals surface area contributed by atoms with Crippen LogP contribution >= 0.6 is 23.2 Å². The second kappa shape index (κ2) is 9.34. The Morgan fingerprint density at radius 3 is 2.71 bits per heavy atom. The molecule has 28 heavy (non-hydrogen) atoms. The summed E-state index contributed by atoms with van der Waals surface area (Å²) in [6.07, 6.45) is 5.10. The molecule has 0 saturated carbocycles. The lowest BCUT2D eigenvalue weighted by molar-refractivity contribution is -0.124. The van der Waals surface area contributed by atoms with Gasteiger partial charge in [-0.3, -0.25) is 14.6 Å². The smallest absolute Gasteiger partial charge is 0.243 e. The van der Waals surface area contributed by atoms with Crippen molar-refractivity contribution in [1.82, 2.24) is 15.3 Å². The van der Waals surface area contributed by atoms with Gasteiger partial charge in [-0.2, -0.15) is 0 Å². The maximum atomic E-state index is 11.9. The molecule has 0 atom stereocenters. The predicted octanol–water partition coefficient (Wildman–Crippen LogP) is 3.73. The molecule has 0 spiro atoms. The van der Waals surface area contributed by atoms with Gasteiger partial charge in [0, 0.05) is 29.6 Å².